The maximum absolute atomic E-state index is 13.3. The van der Waals surface area contributed by atoms with Crippen molar-refractivity contribution in [3.63, 3.8) is 0 Å². The van der Waals surface area contributed by atoms with Crippen LogP contribution in [0.2, 0.25) is 0 Å². The Balaban J connectivity index is 1.70. The van der Waals surface area contributed by atoms with Crippen LogP contribution in [0.4, 0.5) is 0 Å². The number of benzene rings is 2. The summed E-state index contributed by atoms with van der Waals surface area (Å²) in [7, 11) is 0. The van der Waals surface area contributed by atoms with Crippen molar-refractivity contribution in [2.24, 2.45) is 0 Å². The molecule has 0 spiro atoms. The minimum Gasteiger partial charge on any atom is -0.461 e. The van der Waals surface area contributed by atoms with E-state index in [1.54, 1.807) is 39.0 Å². The first kappa shape index (κ1) is 22.5. The molecule has 1 N–H and O–H groups in total. The van der Waals surface area contributed by atoms with Crippen LogP contribution in [0.25, 0.3) is 16.6 Å². The van der Waals surface area contributed by atoms with Crippen LogP contribution in [0, 0.1) is 13.8 Å². The standard InChI is InChI=1S/C25H23N3O4S/c1-4-32-24(31)22-15(2)21(16(3)26-22)20(29)14-33-25-27-19-13-9-8-12-18(19)23(30)28(25)17-10-6-5-7-11-17/h5-13,26H,4,14H2,1-3H3. The number of para-hydroxylation sites is 2. The predicted octanol–water partition coefficient (Wildman–Crippen LogP) is 4.48. The van der Waals surface area contributed by atoms with Gasteiger partial charge in [-0.3, -0.25) is 14.2 Å². The SMILES string of the molecule is CCOC(=O)c1[nH]c(C)c(C(=O)CSc2nc3ccccc3c(=O)n2-c2ccccc2)c1C. The largest absolute Gasteiger partial charge is 0.461 e. The molecule has 2 heterocycles. The van der Waals surface area contributed by atoms with Gasteiger partial charge in [0, 0.05) is 11.3 Å². The summed E-state index contributed by atoms with van der Waals surface area (Å²) in [4.78, 5) is 46.2. The van der Waals surface area contributed by atoms with E-state index >= 15 is 0 Å². The van der Waals surface area contributed by atoms with Crippen molar-refractivity contribution < 1.29 is 14.3 Å². The summed E-state index contributed by atoms with van der Waals surface area (Å²) in [6.45, 7) is 5.46. The first-order valence-electron chi connectivity index (χ1n) is 10.5. The molecule has 0 fully saturated rings. The molecule has 0 radical (unpaired) electrons. The Kier molecular flexibility index (Phi) is 6.46. The normalized spacial score (nSPS) is 11.0. The van der Waals surface area contributed by atoms with Gasteiger partial charge < -0.3 is 9.72 Å². The van der Waals surface area contributed by atoms with Gasteiger partial charge in [0.2, 0.25) is 0 Å². The zero-order chi connectivity index (χ0) is 23.5. The number of fused-ring (bicyclic) bond motifs is 1. The third-order valence-corrected chi connectivity index (χ3v) is 6.23. The highest BCUT2D eigenvalue weighted by atomic mass is 32.2. The number of nitrogens with zero attached hydrogens (tertiary/aromatic N) is 2. The van der Waals surface area contributed by atoms with Gasteiger partial charge in [-0.25, -0.2) is 9.78 Å². The van der Waals surface area contributed by atoms with Crippen molar-refractivity contribution in [2.75, 3.05) is 12.4 Å². The minimum atomic E-state index is -0.487. The fourth-order valence-electron chi connectivity index (χ4n) is 3.79. The van der Waals surface area contributed by atoms with Gasteiger partial charge in [0.25, 0.3) is 5.56 Å². The first-order chi connectivity index (χ1) is 15.9. The van der Waals surface area contributed by atoms with Crippen LogP contribution in [0.5, 0.6) is 0 Å². The van der Waals surface area contributed by atoms with E-state index in [4.69, 9.17) is 4.74 Å². The number of nitrogens with one attached hydrogen (secondary N) is 1. The first-order valence-corrected chi connectivity index (χ1v) is 11.5. The number of ketones is 1. The maximum Gasteiger partial charge on any atom is 0.355 e. The highest BCUT2D eigenvalue weighted by Gasteiger charge is 2.23. The summed E-state index contributed by atoms with van der Waals surface area (Å²) in [6.07, 6.45) is 0. The number of aromatic amines is 1. The molecule has 33 heavy (non-hydrogen) atoms. The number of aromatic nitrogens is 3. The lowest BCUT2D eigenvalue weighted by atomic mass is 10.1. The number of ether oxygens (including phenoxy) is 1. The Hall–Kier alpha value is -3.65. The van der Waals surface area contributed by atoms with Crippen LogP contribution in [0.15, 0.2) is 64.5 Å². The fourth-order valence-corrected chi connectivity index (χ4v) is 4.68. The van der Waals surface area contributed by atoms with E-state index in [1.807, 2.05) is 36.4 Å². The Bertz CT molecular complexity index is 1410. The average Bonchev–Trinajstić information content (AvgIpc) is 3.12. The second kappa shape index (κ2) is 9.46. The molecule has 4 aromatic rings. The highest BCUT2D eigenvalue weighted by molar-refractivity contribution is 7.99. The van der Waals surface area contributed by atoms with Crippen LogP contribution < -0.4 is 5.56 Å². The average molecular weight is 462 g/mol. The number of carbonyl (C=O) groups is 2. The van der Waals surface area contributed by atoms with Crippen molar-refractivity contribution in [1.29, 1.82) is 0 Å². The molecule has 0 saturated heterocycles. The molecule has 0 bridgehead atoms. The molecule has 7 nitrogen and oxygen atoms in total. The van der Waals surface area contributed by atoms with Gasteiger partial charge >= 0.3 is 5.97 Å². The topological polar surface area (TPSA) is 94.1 Å². The number of esters is 1. The molecule has 0 unspecified atom stereocenters. The van der Waals surface area contributed by atoms with Crippen molar-refractivity contribution in [3.8, 4) is 5.69 Å². The van der Waals surface area contributed by atoms with Crippen molar-refractivity contribution in [3.05, 3.63) is 87.5 Å². The number of hydrogen-bond acceptors (Lipinski definition) is 6. The smallest absolute Gasteiger partial charge is 0.355 e. The predicted molar refractivity (Wildman–Crippen MR) is 129 cm³/mol. The molecule has 8 heteroatoms. The molecule has 0 atom stereocenters. The summed E-state index contributed by atoms with van der Waals surface area (Å²) in [5, 5.41) is 0.933. The van der Waals surface area contributed by atoms with Crippen molar-refractivity contribution in [1.82, 2.24) is 14.5 Å². The van der Waals surface area contributed by atoms with E-state index in [1.165, 1.54) is 16.3 Å². The van der Waals surface area contributed by atoms with Crippen LogP contribution >= 0.6 is 11.8 Å². The second-order valence-corrected chi connectivity index (χ2v) is 8.39. The molecule has 0 aliphatic heterocycles. The fraction of sp³-hybridized carbons (Fsp3) is 0.200. The van der Waals surface area contributed by atoms with E-state index in [0.29, 0.717) is 38.6 Å². The molecular formula is C25H23N3O4S. The van der Waals surface area contributed by atoms with E-state index in [-0.39, 0.29) is 29.4 Å². The number of rotatable bonds is 7. The molecule has 168 valence electrons. The number of H-pyrrole nitrogens is 1. The van der Waals surface area contributed by atoms with Gasteiger partial charge in [-0.2, -0.15) is 0 Å². The molecule has 2 aromatic carbocycles. The number of hydrogen-bond donors (Lipinski definition) is 1. The second-order valence-electron chi connectivity index (χ2n) is 7.44. The zero-order valence-electron chi connectivity index (χ0n) is 18.5. The van der Waals surface area contributed by atoms with Gasteiger partial charge in [-0.15, -0.1) is 0 Å². The Morgan fingerprint density at radius 3 is 2.48 bits per heavy atom. The lowest BCUT2D eigenvalue weighted by molar-refractivity contribution is 0.0519. The molecule has 0 aliphatic rings. The number of thioether (sulfide) groups is 1. The lowest BCUT2D eigenvalue weighted by Gasteiger charge is -2.13. The Morgan fingerprint density at radius 2 is 1.76 bits per heavy atom. The van der Waals surface area contributed by atoms with E-state index in [2.05, 4.69) is 9.97 Å². The summed E-state index contributed by atoms with van der Waals surface area (Å²) in [5.74, 6) is -0.595. The number of Topliss-reactive ketones (excluding diaryl/α,β-unsaturated/α-hetero) is 1. The van der Waals surface area contributed by atoms with Gasteiger partial charge in [0.05, 0.1) is 29.0 Å². The summed E-state index contributed by atoms with van der Waals surface area (Å²) < 4.78 is 6.60. The lowest BCUT2D eigenvalue weighted by Crippen LogP contribution is -2.22. The number of carbonyl (C=O) groups excluding carboxylic acids is 2. The summed E-state index contributed by atoms with van der Waals surface area (Å²) in [5.41, 5.74) is 2.96. The Labute approximate surface area is 194 Å². The van der Waals surface area contributed by atoms with Crippen LogP contribution in [-0.4, -0.2) is 38.6 Å². The summed E-state index contributed by atoms with van der Waals surface area (Å²) >= 11 is 1.19. The van der Waals surface area contributed by atoms with Gasteiger partial charge in [-0.05, 0) is 50.6 Å². The van der Waals surface area contributed by atoms with Crippen molar-refractivity contribution >= 4 is 34.4 Å². The van der Waals surface area contributed by atoms with Gasteiger partial charge in [-0.1, -0.05) is 42.1 Å². The van der Waals surface area contributed by atoms with Crippen LogP contribution in [-0.2, 0) is 4.74 Å². The van der Waals surface area contributed by atoms with Crippen molar-refractivity contribution in [2.45, 2.75) is 25.9 Å². The third-order valence-electron chi connectivity index (χ3n) is 5.29. The van der Waals surface area contributed by atoms with Gasteiger partial charge in [0.15, 0.2) is 10.9 Å². The van der Waals surface area contributed by atoms with E-state index in [0.717, 1.165) is 0 Å². The van der Waals surface area contributed by atoms with Gasteiger partial charge in [0.1, 0.15) is 5.69 Å². The molecule has 0 amide bonds. The Morgan fingerprint density at radius 1 is 1.06 bits per heavy atom. The maximum atomic E-state index is 13.3. The quantitative estimate of drug-likeness (QED) is 0.189. The molecule has 0 saturated carbocycles. The monoisotopic (exact) mass is 461 g/mol. The zero-order valence-corrected chi connectivity index (χ0v) is 19.4. The highest BCUT2D eigenvalue weighted by Crippen LogP contribution is 2.25. The number of aryl methyl sites for hydroxylation is 1. The molecule has 0 aliphatic carbocycles. The molecule has 4 rings (SSSR count). The van der Waals surface area contributed by atoms with E-state index in [9.17, 15) is 14.4 Å². The summed E-state index contributed by atoms with van der Waals surface area (Å²) in [6, 6.07) is 16.4. The van der Waals surface area contributed by atoms with Crippen LogP contribution in [0.1, 0.15) is 39.0 Å². The molecular weight excluding hydrogens is 438 g/mol. The minimum absolute atomic E-state index is 0.0550. The van der Waals surface area contributed by atoms with E-state index < -0.39 is 5.97 Å². The molecule has 2 aromatic heterocycles. The third kappa shape index (κ3) is 4.34. The van der Waals surface area contributed by atoms with Crippen LogP contribution in [0.3, 0.4) is 0 Å².